The molecule has 1 N–H and O–H groups in total. The van der Waals surface area contributed by atoms with Gasteiger partial charge in [-0.05, 0) is 50.4 Å². The molecule has 0 aromatic heterocycles. The summed E-state index contributed by atoms with van der Waals surface area (Å²) in [7, 11) is 1.63. The van der Waals surface area contributed by atoms with Gasteiger partial charge in [0.1, 0.15) is 6.04 Å². The first-order chi connectivity index (χ1) is 11.1. The smallest absolute Gasteiger partial charge is 0.320 e. The molecule has 0 amide bonds. The topological polar surface area (TPSA) is 59.0 Å². The number of ether oxygens (including phenoxy) is 2. The van der Waals surface area contributed by atoms with Crippen LogP contribution >= 0.6 is 0 Å². The maximum absolute atomic E-state index is 11.6. The fourth-order valence-corrected chi connectivity index (χ4v) is 3.42. The average molecular weight is 321 g/mol. The summed E-state index contributed by atoms with van der Waals surface area (Å²) >= 11 is 0. The second kappa shape index (κ2) is 8.20. The summed E-state index contributed by atoms with van der Waals surface area (Å²) in [5.41, 5.74) is 1.08. The van der Waals surface area contributed by atoms with Gasteiger partial charge in [-0.25, -0.2) is 0 Å². The predicted molar refractivity (Wildman–Crippen MR) is 89.2 cm³/mol. The number of methoxy groups -OCH3 is 1. The van der Waals surface area contributed by atoms with E-state index in [1.807, 2.05) is 25.1 Å². The van der Waals surface area contributed by atoms with E-state index in [0.29, 0.717) is 12.4 Å². The van der Waals surface area contributed by atoms with Crippen LogP contribution in [0.25, 0.3) is 0 Å². The molecular formula is C18H27NO4. The third-order valence-corrected chi connectivity index (χ3v) is 4.49. The van der Waals surface area contributed by atoms with Crippen molar-refractivity contribution in [1.29, 1.82) is 0 Å². The molecule has 5 heteroatoms. The lowest BCUT2D eigenvalue weighted by Crippen LogP contribution is -2.46. The Morgan fingerprint density at radius 2 is 2.13 bits per heavy atom. The summed E-state index contributed by atoms with van der Waals surface area (Å²) in [5, 5.41) is 9.53. The number of carboxylic acids is 1. The minimum absolute atomic E-state index is 0.0842. The molecule has 0 bridgehead atoms. The minimum Gasteiger partial charge on any atom is -0.493 e. The molecule has 5 nitrogen and oxygen atoms in total. The molecule has 1 aromatic carbocycles. The van der Waals surface area contributed by atoms with Crippen molar-refractivity contribution in [2.24, 2.45) is 0 Å². The van der Waals surface area contributed by atoms with Crippen molar-refractivity contribution in [2.45, 2.75) is 51.6 Å². The van der Waals surface area contributed by atoms with Crippen molar-refractivity contribution in [3.8, 4) is 11.5 Å². The molecule has 0 aliphatic carbocycles. The third-order valence-electron chi connectivity index (χ3n) is 4.49. The summed E-state index contributed by atoms with van der Waals surface area (Å²) in [4.78, 5) is 13.7. The van der Waals surface area contributed by atoms with Crippen molar-refractivity contribution >= 4 is 5.97 Å². The van der Waals surface area contributed by atoms with Crippen molar-refractivity contribution < 1.29 is 19.4 Å². The summed E-state index contributed by atoms with van der Waals surface area (Å²) < 4.78 is 11.0. The summed E-state index contributed by atoms with van der Waals surface area (Å²) in [6, 6.07) is 5.61. The van der Waals surface area contributed by atoms with Crippen molar-refractivity contribution in [2.75, 3.05) is 20.3 Å². The summed E-state index contributed by atoms with van der Waals surface area (Å²) in [5.74, 6) is 0.703. The Kier molecular flexibility index (Phi) is 6.28. The van der Waals surface area contributed by atoms with E-state index in [9.17, 15) is 9.90 Å². The van der Waals surface area contributed by atoms with E-state index in [1.54, 1.807) is 7.11 Å². The zero-order valence-electron chi connectivity index (χ0n) is 14.2. The van der Waals surface area contributed by atoms with Crippen LogP contribution in [0.15, 0.2) is 18.2 Å². The van der Waals surface area contributed by atoms with Crippen LogP contribution in [-0.2, 0) is 4.79 Å². The molecular weight excluding hydrogens is 294 g/mol. The van der Waals surface area contributed by atoms with Crippen molar-refractivity contribution in [1.82, 2.24) is 4.90 Å². The van der Waals surface area contributed by atoms with Gasteiger partial charge in [0.25, 0.3) is 0 Å². The van der Waals surface area contributed by atoms with Crippen LogP contribution < -0.4 is 9.47 Å². The number of hydrogen-bond acceptors (Lipinski definition) is 4. The van der Waals surface area contributed by atoms with Crippen LogP contribution in [0.2, 0.25) is 0 Å². The van der Waals surface area contributed by atoms with Crippen LogP contribution in [0.1, 0.15) is 51.1 Å². The van der Waals surface area contributed by atoms with Crippen LogP contribution in [0.5, 0.6) is 11.5 Å². The second-order valence-corrected chi connectivity index (χ2v) is 5.85. The number of nitrogens with zero attached hydrogens (tertiary/aromatic N) is 1. The lowest BCUT2D eigenvalue weighted by atomic mass is 9.94. The normalized spacial score (nSPS) is 20.0. The molecule has 128 valence electrons. The Labute approximate surface area is 138 Å². The second-order valence-electron chi connectivity index (χ2n) is 5.85. The molecule has 1 heterocycles. The first kappa shape index (κ1) is 17.6. The summed E-state index contributed by atoms with van der Waals surface area (Å²) in [6.45, 7) is 5.44. The number of carbonyl (C=O) groups is 1. The number of aliphatic carboxylic acids is 1. The van der Waals surface area contributed by atoms with Gasteiger partial charge < -0.3 is 14.6 Å². The first-order valence-corrected chi connectivity index (χ1v) is 8.41. The molecule has 2 unspecified atom stereocenters. The number of piperidine rings is 1. The van der Waals surface area contributed by atoms with Gasteiger partial charge in [-0.3, -0.25) is 9.69 Å². The van der Waals surface area contributed by atoms with Gasteiger partial charge in [-0.1, -0.05) is 19.4 Å². The number of likely N-dealkylation sites (tertiary alicyclic amines) is 1. The maximum atomic E-state index is 11.6. The van der Waals surface area contributed by atoms with E-state index in [2.05, 4.69) is 11.8 Å². The molecule has 0 spiro atoms. The standard InChI is InChI=1S/C18H27NO4/c1-4-14(19-11-7-6-8-15(19)18(20)21)13-9-10-16(23-5-2)17(12-13)22-3/h9-10,12,14-15H,4-8,11H2,1-3H3,(H,20,21). The fourth-order valence-electron chi connectivity index (χ4n) is 3.42. The molecule has 1 fully saturated rings. The van der Waals surface area contributed by atoms with E-state index in [-0.39, 0.29) is 6.04 Å². The number of hydrogen-bond donors (Lipinski definition) is 1. The fraction of sp³-hybridized carbons (Fsp3) is 0.611. The van der Waals surface area contributed by atoms with E-state index in [1.165, 1.54) is 0 Å². The highest BCUT2D eigenvalue weighted by Crippen LogP contribution is 2.36. The van der Waals surface area contributed by atoms with Gasteiger partial charge in [0.05, 0.1) is 13.7 Å². The van der Waals surface area contributed by atoms with E-state index >= 15 is 0 Å². The van der Waals surface area contributed by atoms with Gasteiger partial charge in [0.15, 0.2) is 11.5 Å². The maximum Gasteiger partial charge on any atom is 0.320 e. The molecule has 2 atom stereocenters. The number of benzene rings is 1. The van der Waals surface area contributed by atoms with Crippen molar-refractivity contribution in [3.63, 3.8) is 0 Å². The zero-order chi connectivity index (χ0) is 16.8. The molecule has 1 aliphatic rings. The lowest BCUT2D eigenvalue weighted by Gasteiger charge is -2.39. The molecule has 1 saturated heterocycles. The first-order valence-electron chi connectivity index (χ1n) is 8.41. The van der Waals surface area contributed by atoms with Crippen LogP contribution in [-0.4, -0.2) is 42.3 Å². The number of rotatable bonds is 7. The monoisotopic (exact) mass is 321 g/mol. The van der Waals surface area contributed by atoms with Gasteiger partial charge in [-0.15, -0.1) is 0 Å². The predicted octanol–water partition coefficient (Wildman–Crippen LogP) is 3.48. The Balaban J connectivity index is 2.30. The molecule has 1 aromatic rings. The van der Waals surface area contributed by atoms with Crippen LogP contribution in [0.4, 0.5) is 0 Å². The minimum atomic E-state index is -0.721. The zero-order valence-corrected chi connectivity index (χ0v) is 14.2. The van der Waals surface area contributed by atoms with E-state index in [0.717, 1.165) is 43.5 Å². The Morgan fingerprint density at radius 1 is 1.35 bits per heavy atom. The Hall–Kier alpha value is -1.75. The van der Waals surface area contributed by atoms with E-state index < -0.39 is 12.0 Å². The summed E-state index contributed by atoms with van der Waals surface area (Å²) in [6.07, 6.45) is 3.62. The Morgan fingerprint density at radius 3 is 2.74 bits per heavy atom. The van der Waals surface area contributed by atoms with Gasteiger partial charge in [-0.2, -0.15) is 0 Å². The van der Waals surface area contributed by atoms with Gasteiger partial charge in [0, 0.05) is 6.04 Å². The molecule has 2 rings (SSSR count). The molecule has 0 saturated carbocycles. The van der Waals surface area contributed by atoms with E-state index in [4.69, 9.17) is 9.47 Å². The number of carboxylic acid groups (broad SMARTS) is 1. The average Bonchev–Trinajstić information content (AvgIpc) is 2.57. The highest BCUT2D eigenvalue weighted by molar-refractivity contribution is 5.73. The lowest BCUT2D eigenvalue weighted by molar-refractivity contribution is -0.146. The molecule has 23 heavy (non-hydrogen) atoms. The quantitative estimate of drug-likeness (QED) is 0.833. The largest absolute Gasteiger partial charge is 0.493 e. The SMILES string of the molecule is CCOc1ccc(C(CC)N2CCCCC2C(=O)O)cc1OC. The third kappa shape index (κ3) is 3.96. The molecule has 1 aliphatic heterocycles. The van der Waals surface area contributed by atoms with Gasteiger partial charge >= 0.3 is 5.97 Å². The Bertz CT molecular complexity index is 532. The highest BCUT2D eigenvalue weighted by Gasteiger charge is 2.33. The van der Waals surface area contributed by atoms with Crippen LogP contribution in [0.3, 0.4) is 0 Å². The van der Waals surface area contributed by atoms with Crippen LogP contribution in [0, 0.1) is 0 Å². The highest BCUT2D eigenvalue weighted by atomic mass is 16.5. The van der Waals surface area contributed by atoms with Crippen molar-refractivity contribution in [3.05, 3.63) is 23.8 Å². The molecule has 0 radical (unpaired) electrons. The van der Waals surface area contributed by atoms with Gasteiger partial charge in [0.2, 0.25) is 0 Å².